The second kappa shape index (κ2) is 5.06. The fourth-order valence-electron chi connectivity index (χ4n) is 2.34. The van der Waals surface area contributed by atoms with Crippen LogP contribution >= 0.6 is 22.6 Å². The van der Waals surface area contributed by atoms with Crippen molar-refractivity contribution in [3.05, 3.63) is 0 Å². The average Bonchev–Trinajstić information content (AvgIpc) is 2.69. The summed E-state index contributed by atoms with van der Waals surface area (Å²) >= 11 is 2.38. The predicted octanol–water partition coefficient (Wildman–Crippen LogP) is 2.09. The van der Waals surface area contributed by atoms with Crippen LogP contribution in [0, 0.1) is 0 Å². The number of fused-ring (bicyclic) bond motifs is 1. The van der Waals surface area contributed by atoms with Gasteiger partial charge in [0.1, 0.15) is 12.2 Å². The molecule has 0 unspecified atom stereocenters. The maximum absolute atomic E-state index is 5.88. The van der Waals surface area contributed by atoms with E-state index in [0.29, 0.717) is 0 Å². The molecule has 94 valence electrons. The Bertz CT molecular complexity index is 246. The smallest absolute Gasteiger partial charge is 0.186 e. The van der Waals surface area contributed by atoms with Crippen molar-refractivity contribution in [1.29, 1.82) is 0 Å². The SMILES string of the molecule is CO[C@@H]1O[C@H](CCCI)[C@H]2OC(C)(C)O[C@@H]12. The highest BCUT2D eigenvalue weighted by molar-refractivity contribution is 14.1. The van der Waals surface area contributed by atoms with Crippen LogP contribution in [0.25, 0.3) is 0 Å². The minimum absolute atomic E-state index is 0.0166. The third-order valence-corrected chi connectivity index (χ3v) is 3.72. The van der Waals surface area contributed by atoms with Crippen LogP contribution < -0.4 is 0 Å². The van der Waals surface area contributed by atoms with Crippen LogP contribution in [0.3, 0.4) is 0 Å². The van der Waals surface area contributed by atoms with Crippen LogP contribution in [0.2, 0.25) is 0 Å². The van der Waals surface area contributed by atoms with Gasteiger partial charge in [-0.3, -0.25) is 0 Å². The number of methoxy groups -OCH3 is 1. The molecule has 4 nitrogen and oxygen atoms in total. The lowest BCUT2D eigenvalue weighted by Gasteiger charge is -2.23. The molecule has 2 saturated heterocycles. The zero-order valence-corrected chi connectivity index (χ0v) is 12.1. The number of ether oxygens (including phenoxy) is 4. The Hall–Kier alpha value is 0.570. The Morgan fingerprint density at radius 3 is 2.56 bits per heavy atom. The molecule has 0 amide bonds. The lowest BCUT2D eigenvalue weighted by atomic mass is 10.1. The molecule has 0 bridgehead atoms. The first-order chi connectivity index (χ1) is 7.57. The summed E-state index contributed by atoms with van der Waals surface area (Å²) in [6.07, 6.45) is 1.89. The van der Waals surface area contributed by atoms with Crippen LogP contribution in [-0.2, 0) is 18.9 Å². The fraction of sp³-hybridized carbons (Fsp3) is 1.00. The van der Waals surface area contributed by atoms with Gasteiger partial charge in [0.05, 0.1) is 6.10 Å². The lowest BCUT2D eigenvalue weighted by Crippen LogP contribution is -2.30. The summed E-state index contributed by atoms with van der Waals surface area (Å²) in [5.74, 6) is -0.515. The van der Waals surface area contributed by atoms with Crippen molar-refractivity contribution < 1.29 is 18.9 Å². The predicted molar refractivity (Wildman–Crippen MR) is 67.6 cm³/mol. The second-order valence-corrected chi connectivity index (χ2v) is 5.75. The molecule has 5 heteroatoms. The van der Waals surface area contributed by atoms with Gasteiger partial charge in [-0.25, -0.2) is 0 Å². The molecule has 2 aliphatic heterocycles. The van der Waals surface area contributed by atoms with E-state index in [1.54, 1.807) is 7.11 Å². The summed E-state index contributed by atoms with van der Waals surface area (Å²) in [5.41, 5.74) is 0. The third-order valence-electron chi connectivity index (χ3n) is 2.96. The van der Waals surface area contributed by atoms with Crippen molar-refractivity contribution in [2.75, 3.05) is 11.5 Å². The van der Waals surface area contributed by atoms with Crippen LogP contribution in [0.5, 0.6) is 0 Å². The Labute approximate surface area is 110 Å². The van der Waals surface area contributed by atoms with E-state index in [0.717, 1.165) is 17.3 Å². The number of rotatable bonds is 4. The molecule has 2 aliphatic rings. The molecule has 2 heterocycles. The average molecular weight is 342 g/mol. The summed E-state index contributed by atoms with van der Waals surface area (Å²) in [5, 5.41) is 0. The molecule has 0 saturated carbocycles. The Kier molecular flexibility index (Phi) is 4.11. The van der Waals surface area contributed by atoms with Gasteiger partial charge >= 0.3 is 0 Å². The van der Waals surface area contributed by atoms with E-state index in [-0.39, 0.29) is 24.6 Å². The highest BCUT2D eigenvalue weighted by atomic mass is 127. The van der Waals surface area contributed by atoms with Crippen molar-refractivity contribution in [3.8, 4) is 0 Å². The molecular formula is C11H19IO4. The summed E-state index contributed by atoms with van der Waals surface area (Å²) in [6.45, 7) is 3.88. The van der Waals surface area contributed by atoms with Gasteiger partial charge in [-0.1, -0.05) is 22.6 Å². The topological polar surface area (TPSA) is 36.9 Å². The van der Waals surface area contributed by atoms with Crippen molar-refractivity contribution >= 4 is 22.6 Å². The van der Waals surface area contributed by atoms with E-state index in [2.05, 4.69) is 22.6 Å². The molecule has 0 spiro atoms. The van der Waals surface area contributed by atoms with Crippen LogP contribution in [0.15, 0.2) is 0 Å². The highest BCUT2D eigenvalue weighted by Crippen LogP contribution is 2.40. The van der Waals surface area contributed by atoms with Crippen molar-refractivity contribution in [2.24, 2.45) is 0 Å². The number of hydrogen-bond donors (Lipinski definition) is 0. The summed E-state index contributed by atoms with van der Waals surface area (Å²) in [7, 11) is 1.65. The van der Waals surface area contributed by atoms with E-state index in [1.807, 2.05) is 13.8 Å². The van der Waals surface area contributed by atoms with E-state index >= 15 is 0 Å². The normalized spacial score (nSPS) is 41.2. The van der Waals surface area contributed by atoms with Gasteiger partial charge < -0.3 is 18.9 Å². The molecule has 0 radical (unpaired) electrons. The van der Waals surface area contributed by atoms with Gasteiger partial charge in [0.2, 0.25) is 0 Å². The quantitative estimate of drug-likeness (QED) is 0.579. The van der Waals surface area contributed by atoms with Gasteiger partial charge in [0, 0.05) is 7.11 Å². The zero-order valence-electron chi connectivity index (χ0n) is 9.94. The number of halogens is 1. The monoisotopic (exact) mass is 342 g/mol. The molecular weight excluding hydrogens is 323 g/mol. The minimum Gasteiger partial charge on any atom is -0.353 e. The summed E-state index contributed by atoms with van der Waals surface area (Å²) in [4.78, 5) is 0. The van der Waals surface area contributed by atoms with E-state index in [4.69, 9.17) is 18.9 Å². The molecule has 16 heavy (non-hydrogen) atoms. The van der Waals surface area contributed by atoms with Crippen molar-refractivity contribution in [1.82, 2.24) is 0 Å². The van der Waals surface area contributed by atoms with Gasteiger partial charge in [-0.2, -0.15) is 0 Å². The highest BCUT2D eigenvalue weighted by Gasteiger charge is 2.55. The lowest BCUT2D eigenvalue weighted by molar-refractivity contribution is -0.227. The van der Waals surface area contributed by atoms with Crippen LogP contribution in [-0.4, -0.2) is 41.9 Å². The molecule has 0 aliphatic carbocycles. The maximum Gasteiger partial charge on any atom is 0.186 e. The Morgan fingerprint density at radius 1 is 1.25 bits per heavy atom. The molecule has 0 aromatic heterocycles. The molecule has 0 N–H and O–H groups in total. The van der Waals surface area contributed by atoms with Gasteiger partial charge in [0.15, 0.2) is 12.1 Å². The largest absolute Gasteiger partial charge is 0.353 e. The fourth-order valence-corrected chi connectivity index (χ4v) is 2.78. The van der Waals surface area contributed by atoms with Gasteiger partial charge in [0.25, 0.3) is 0 Å². The number of alkyl halides is 1. The first-order valence-corrected chi connectivity index (χ1v) is 7.20. The van der Waals surface area contributed by atoms with Crippen LogP contribution in [0.4, 0.5) is 0 Å². The first kappa shape index (κ1) is 13.0. The number of hydrogen-bond acceptors (Lipinski definition) is 4. The summed E-state index contributed by atoms with van der Waals surface area (Å²) < 4.78 is 23.9. The molecule has 2 fully saturated rings. The van der Waals surface area contributed by atoms with Crippen molar-refractivity contribution in [2.45, 2.75) is 57.1 Å². The Morgan fingerprint density at radius 2 is 1.94 bits per heavy atom. The first-order valence-electron chi connectivity index (χ1n) is 5.67. The van der Waals surface area contributed by atoms with E-state index in [1.165, 1.54) is 0 Å². The van der Waals surface area contributed by atoms with E-state index in [9.17, 15) is 0 Å². The summed E-state index contributed by atoms with van der Waals surface area (Å²) in [6, 6.07) is 0. The maximum atomic E-state index is 5.88. The molecule has 4 atom stereocenters. The minimum atomic E-state index is -0.515. The third kappa shape index (κ3) is 2.53. The zero-order chi connectivity index (χ0) is 11.8. The van der Waals surface area contributed by atoms with E-state index < -0.39 is 5.79 Å². The van der Waals surface area contributed by atoms with Crippen molar-refractivity contribution in [3.63, 3.8) is 0 Å². The van der Waals surface area contributed by atoms with Gasteiger partial charge in [-0.05, 0) is 31.1 Å². The Balaban J connectivity index is 2.02. The molecule has 0 aromatic carbocycles. The van der Waals surface area contributed by atoms with Crippen LogP contribution in [0.1, 0.15) is 26.7 Å². The molecule has 2 rings (SSSR count). The molecule has 0 aromatic rings. The second-order valence-electron chi connectivity index (χ2n) is 4.67. The van der Waals surface area contributed by atoms with Gasteiger partial charge in [-0.15, -0.1) is 0 Å². The standard InChI is InChI=1S/C11H19IO4/c1-11(2)15-8-7(5-4-6-12)14-10(13-3)9(8)16-11/h7-10H,4-6H2,1-3H3/t7-,8-,9-,10-/m1/s1.